The van der Waals surface area contributed by atoms with Crippen molar-refractivity contribution >= 4 is 23.1 Å². The van der Waals surface area contributed by atoms with Crippen LogP contribution in [0.15, 0.2) is 54.1 Å². The maximum Gasteiger partial charge on any atom is 0.295 e. The van der Waals surface area contributed by atoms with Gasteiger partial charge in [-0.15, -0.1) is 0 Å². The molecule has 9 heteroatoms. The summed E-state index contributed by atoms with van der Waals surface area (Å²) in [5.74, 6) is -1.99. The van der Waals surface area contributed by atoms with Gasteiger partial charge in [0.15, 0.2) is 0 Å². The van der Waals surface area contributed by atoms with E-state index in [1.165, 1.54) is 41.3 Å². The van der Waals surface area contributed by atoms with Gasteiger partial charge in [-0.1, -0.05) is 12.1 Å². The van der Waals surface area contributed by atoms with Gasteiger partial charge in [0, 0.05) is 30.8 Å². The van der Waals surface area contributed by atoms with Gasteiger partial charge in [-0.25, -0.2) is 0 Å². The Labute approximate surface area is 177 Å². The molecule has 2 N–H and O–H groups in total. The second-order valence-electron chi connectivity index (χ2n) is 7.48. The monoisotopic (exact) mass is 424 g/mol. The molecule has 0 saturated carbocycles. The van der Waals surface area contributed by atoms with E-state index in [-0.39, 0.29) is 35.2 Å². The Balaban J connectivity index is 1.80. The van der Waals surface area contributed by atoms with E-state index < -0.39 is 28.4 Å². The van der Waals surface area contributed by atoms with E-state index in [4.69, 9.17) is 4.74 Å². The molecule has 2 aromatic rings. The number of hydrogen-bond donors (Lipinski definition) is 2. The lowest BCUT2D eigenvalue weighted by atomic mass is 9.95. The first-order valence-corrected chi connectivity index (χ1v) is 9.80. The van der Waals surface area contributed by atoms with Crippen molar-refractivity contribution in [2.45, 2.75) is 25.0 Å². The number of phenols is 1. The highest BCUT2D eigenvalue weighted by molar-refractivity contribution is 6.46. The van der Waals surface area contributed by atoms with Crippen molar-refractivity contribution in [3.8, 4) is 5.75 Å². The second kappa shape index (κ2) is 8.19. The summed E-state index contributed by atoms with van der Waals surface area (Å²) < 4.78 is 5.63. The molecule has 0 bridgehead atoms. The van der Waals surface area contributed by atoms with E-state index in [2.05, 4.69) is 0 Å². The topological polar surface area (TPSA) is 130 Å². The van der Waals surface area contributed by atoms with Crippen molar-refractivity contribution in [2.75, 3.05) is 13.2 Å². The van der Waals surface area contributed by atoms with Crippen molar-refractivity contribution in [1.29, 1.82) is 0 Å². The fraction of sp³-hybridized carbons (Fsp3) is 0.273. The van der Waals surface area contributed by atoms with Crippen molar-refractivity contribution < 1.29 is 29.5 Å². The number of hydrogen-bond acceptors (Lipinski definition) is 7. The number of nitro benzene ring substituents is 1. The molecule has 31 heavy (non-hydrogen) atoms. The highest BCUT2D eigenvalue weighted by Crippen LogP contribution is 2.40. The molecule has 0 aliphatic carbocycles. The molecule has 9 nitrogen and oxygen atoms in total. The molecule has 2 saturated heterocycles. The number of non-ortho nitro benzene ring substituents is 1. The fourth-order valence-corrected chi connectivity index (χ4v) is 3.98. The average Bonchev–Trinajstić information content (AvgIpc) is 3.36. The summed E-state index contributed by atoms with van der Waals surface area (Å²) in [5, 5.41) is 31.5. The molecular weight excluding hydrogens is 404 g/mol. The van der Waals surface area contributed by atoms with Gasteiger partial charge in [0.25, 0.3) is 17.4 Å². The number of nitrogens with zero attached hydrogens (tertiary/aromatic N) is 2. The summed E-state index contributed by atoms with van der Waals surface area (Å²) in [5.41, 5.74) is 0.455. The number of phenolic OH excluding ortho intramolecular Hbond substituents is 1. The number of benzene rings is 2. The van der Waals surface area contributed by atoms with Crippen LogP contribution in [0.2, 0.25) is 0 Å². The molecule has 2 aliphatic heterocycles. The molecule has 0 radical (unpaired) electrons. The third kappa shape index (κ3) is 3.87. The average molecular weight is 424 g/mol. The zero-order valence-corrected chi connectivity index (χ0v) is 16.4. The summed E-state index contributed by atoms with van der Waals surface area (Å²) in [6.07, 6.45) is 1.41. The van der Waals surface area contributed by atoms with Gasteiger partial charge >= 0.3 is 0 Å². The number of rotatable bonds is 5. The van der Waals surface area contributed by atoms with Crippen LogP contribution in [-0.2, 0) is 14.3 Å². The Morgan fingerprint density at radius 2 is 1.81 bits per heavy atom. The lowest BCUT2D eigenvalue weighted by molar-refractivity contribution is -0.384. The van der Waals surface area contributed by atoms with Gasteiger partial charge in [0.05, 0.1) is 22.6 Å². The molecule has 2 aliphatic rings. The van der Waals surface area contributed by atoms with Crippen molar-refractivity contribution in [2.24, 2.45) is 0 Å². The normalized spacial score (nSPS) is 22.8. The van der Waals surface area contributed by atoms with E-state index in [0.717, 1.165) is 12.8 Å². The van der Waals surface area contributed by atoms with E-state index in [1.54, 1.807) is 12.1 Å². The van der Waals surface area contributed by atoms with Gasteiger partial charge < -0.3 is 19.8 Å². The number of ether oxygens (including phenoxy) is 1. The summed E-state index contributed by atoms with van der Waals surface area (Å²) in [4.78, 5) is 37.5. The summed E-state index contributed by atoms with van der Waals surface area (Å²) in [7, 11) is 0. The number of aromatic hydroxyl groups is 1. The van der Waals surface area contributed by atoms with Crippen LogP contribution in [0.1, 0.15) is 30.0 Å². The van der Waals surface area contributed by atoms with Crippen molar-refractivity contribution in [1.82, 2.24) is 4.90 Å². The maximum atomic E-state index is 12.9. The number of likely N-dealkylation sites (tertiary alicyclic amines) is 1. The fourth-order valence-electron chi connectivity index (χ4n) is 3.98. The molecule has 4 rings (SSSR count). The third-order valence-corrected chi connectivity index (χ3v) is 5.52. The zero-order chi connectivity index (χ0) is 22.1. The summed E-state index contributed by atoms with van der Waals surface area (Å²) >= 11 is 0. The highest BCUT2D eigenvalue weighted by Gasteiger charge is 2.47. The lowest BCUT2D eigenvalue weighted by Gasteiger charge is -2.27. The Morgan fingerprint density at radius 3 is 2.39 bits per heavy atom. The number of aliphatic hydroxyl groups is 1. The second-order valence-corrected chi connectivity index (χ2v) is 7.48. The Hall–Kier alpha value is -3.72. The minimum atomic E-state index is -0.875. The molecule has 2 atom stereocenters. The van der Waals surface area contributed by atoms with E-state index in [0.29, 0.717) is 12.2 Å². The first-order chi connectivity index (χ1) is 14.9. The Kier molecular flexibility index (Phi) is 5.43. The van der Waals surface area contributed by atoms with Gasteiger partial charge in [-0.2, -0.15) is 0 Å². The molecule has 160 valence electrons. The van der Waals surface area contributed by atoms with Crippen LogP contribution in [0.5, 0.6) is 5.75 Å². The predicted octanol–water partition coefficient (Wildman–Crippen LogP) is 2.90. The number of aliphatic hydroxyl groups excluding tert-OH is 1. The zero-order valence-electron chi connectivity index (χ0n) is 16.4. The summed E-state index contributed by atoms with van der Waals surface area (Å²) in [6, 6.07) is 10.2. The van der Waals surface area contributed by atoms with Gasteiger partial charge in [0.2, 0.25) is 0 Å². The van der Waals surface area contributed by atoms with Crippen molar-refractivity contribution in [3.05, 3.63) is 75.3 Å². The number of Topliss-reactive ketones (excluding diaryl/α,β-unsaturated/α-hetero) is 1. The summed E-state index contributed by atoms with van der Waals surface area (Å²) in [6.45, 7) is 0.772. The van der Waals surface area contributed by atoms with Gasteiger partial charge in [-0.3, -0.25) is 19.7 Å². The van der Waals surface area contributed by atoms with E-state index in [1.807, 2.05) is 0 Å². The van der Waals surface area contributed by atoms with Crippen LogP contribution in [0, 0.1) is 10.1 Å². The lowest BCUT2D eigenvalue weighted by Crippen LogP contribution is -2.36. The molecule has 2 unspecified atom stereocenters. The number of ketones is 1. The predicted molar refractivity (Wildman–Crippen MR) is 109 cm³/mol. The minimum absolute atomic E-state index is 0.0233. The number of amides is 1. The molecule has 2 fully saturated rings. The standard InChI is InChI=1S/C22H20N2O7/c25-16-9-5-13(6-10-16)19-18(20(26)14-3-7-15(8-4-14)24(29)30)21(27)22(28)23(19)12-17-2-1-11-31-17/h3-10,17,19,25-26H,1-2,11-12H2/b20-18-. The number of carbonyl (C=O) groups is 2. The van der Waals surface area contributed by atoms with Gasteiger partial charge in [0.1, 0.15) is 11.5 Å². The van der Waals surface area contributed by atoms with E-state index in [9.17, 15) is 29.9 Å². The van der Waals surface area contributed by atoms with Crippen LogP contribution in [-0.4, -0.2) is 51.0 Å². The van der Waals surface area contributed by atoms with Crippen LogP contribution in [0.3, 0.4) is 0 Å². The first kappa shape index (κ1) is 20.5. The Morgan fingerprint density at radius 1 is 1.13 bits per heavy atom. The molecule has 2 heterocycles. The minimum Gasteiger partial charge on any atom is -0.508 e. The Bertz CT molecular complexity index is 1050. The molecular formula is C22H20N2O7. The van der Waals surface area contributed by atoms with Crippen molar-refractivity contribution in [3.63, 3.8) is 0 Å². The van der Waals surface area contributed by atoms with Crippen LogP contribution >= 0.6 is 0 Å². The van der Waals surface area contributed by atoms with E-state index >= 15 is 0 Å². The third-order valence-electron chi connectivity index (χ3n) is 5.52. The smallest absolute Gasteiger partial charge is 0.295 e. The maximum absolute atomic E-state index is 12.9. The molecule has 1 amide bonds. The molecule has 0 spiro atoms. The van der Waals surface area contributed by atoms with Gasteiger partial charge in [-0.05, 0) is 42.7 Å². The number of carbonyl (C=O) groups excluding carboxylic acids is 2. The molecule has 2 aromatic carbocycles. The quantitative estimate of drug-likeness (QED) is 0.248. The largest absolute Gasteiger partial charge is 0.508 e. The number of nitro groups is 1. The first-order valence-electron chi connectivity index (χ1n) is 9.80. The van der Waals surface area contributed by atoms with Crippen LogP contribution in [0.4, 0.5) is 5.69 Å². The highest BCUT2D eigenvalue weighted by atomic mass is 16.6. The van der Waals surface area contributed by atoms with Crippen LogP contribution in [0.25, 0.3) is 5.76 Å². The SMILES string of the molecule is O=C1C(=O)N(CC2CCCO2)C(c2ccc(O)cc2)/C1=C(/O)c1ccc([N+](=O)[O-])cc1. The molecule has 0 aromatic heterocycles. The van der Waals surface area contributed by atoms with Crippen LogP contribution < -0.4 is 0 Å².